The van der Waals surface area contributed by atoms with Gasteiger partial charge >= 0.3 is 6.09 Å². The summed E-state index contributed by atoms with van der Waals surface area (Å²) in [6, 6.07) is 0.627. The normalized spacial score (nSPS) is 25.9. The maximum Gasteiger partial charge on any atom is 0.410 e. The lowest BCUT2D eigenvalue weighted by molar-refractivity contribution is 0.0159. The summed E-state index contributed by atoms with van der Waals surface area (Å²) in [6.07, 6.45) is 2.03. The van der Waals surface area contributed by atoms with E-state index in [1.54, 1.807) is 0 Å². The standard InChI is InChI=1S/C16H31N3O2/c1-13-11-17-7-10-19(13)12-14-5-8-18(9-6-14)15(20)21-16(2,3)4/h13-14,17H,5-12H2,1-4H3/t13-/m0/s1. The first-order chi connectivity index (χ1) is 9.85. The maximum absolute atomic E-state index is 12.0. The smallest absolute Gasteiger partial charge is 0.410 e. The van der Waals surface area contributed by atoms with Crippen LogP contribution in [0.5, 0.6) is 0 Å². The van der Waals surface area contributed by atoms with E-state index in [0.29, 0.717) is 12.0 Å². The van der Waals surface area contributed by atoms with E-state index in [9.17, 15) is 4.79 Å². The summed E-state index contributed by atoms with van der Waals surface area (Å²) in [5.41, 5.74) is -0.399. The van der Waals surface area contributed by atoms with Crippen molar-refractivity contribution in [3.63, 3.8) is 0 Å². The molecule has 2 rings (SSSR count). The number of nitrogens with one attached hydrogen (secondary N) is 1. The molecule has 2 fully saturated rings. The van der Waals surface area contributed by atoms with Gasteiger partial charge in [0, 0.05) is 45.3 Å². The van der Waals surface area contributed by atoms with Crippen LogP contribution in [0.1, 0.15) is 40.5 Å². The Bertz CT molecular complexity index is 346. The van der Waals surface area contributed by atoms with Crippen LogP contribution in [0.25, 0.3) is 0 Å². The summed E-state index contributed by atoms with van der Waals surface area (Å²) in [5, 5.41) is 3.43. The summed E-state index contributed by atoms with van der Waals surface area (Å²) in [4.78, 5) is 16.5. The van der Waals surface area contributed by atoms with Gasteiger partial charge in [-0.25, -0.2) is 4.79 Å². The predicted molar refractivity (Wildman–Crippen MR) is 84.4 cm³/mol. The molecule has 2 heterocycles. The summed E-state index contributed by atoms with van der Waals surface area (Å²) < 4.78 is 5.45. The Hall–Kier alpha value is -0.810. The minimum atomic E-state index is -0.399. The Labute approximate surface area is 129 Å². The van der Waals surface area contributed by atoms with Crippen LogP contribution in [-0.2, 0) is 4.74 Å². The number of rotatable bonds is 2. The Morgan fingerprint density at radius 2 is 1.90 bits per heavy atom. The minimum absolute atomic E-state index is 0.156. The number of carbonyl (C=O) groups is 1. The lowest BCUT2D eigenvalue weighted by atomic mass is 9.95. The molecule has 122 valence electrons. The predicted octanol–water partition coefficient (Wildman–Crippen LogP) is 1.93. The third-order valence-corrected chi connectivity index (χ3v) is 4.40. The quantitative estimate of drug-likeness (QED) is 0.846. The van der Waals surface area contributed by atoms with Crippen molar-refractivity contribution in [2.45, 2.75) is 52.2 Å². The summed E-state index contributed by atoms with van der Waals surface area (Å²) >= 11 is 0. The molecule has 0 unspecified atom stereocenters. The van der Waals surface area contributed by atoms with Crippen molar-refractivity contribution in [3.05, 3.63) is 0 Å². The van der Waals surface area contributed by atoms with Gasteiger partial charge in [-0.2, -0.15) is 0 Å². The van der Waals surface area contributed by atoms with E-state index in [4.69, 9.17) is 4.74 Å². The number of hydrogen-bond donors (Lipinski definition) is 1. The molecule has 0 saturated carbocycles. The van der Waals surface area contributed by atoms with Crippen LogP contribution in [0.2, 0.25) is 0 Å². The molecule has 1 N–H and O–H groups in total. The number of ether oxygens (including phenoxy) is 1. The molecule has 2 aliphatic rings. The van der Waals surface area contributed by atoms with Gasteiger partial charge in [-0.05, 0) is 46.5 Å². The number of likely N-dealkylation sites (tertiary alicyclic amines) is 1. The van der Waals surface area contributed by atoms with Gasteiger partial charge in [0.1, 0.15) is 5.60 Å². The maximum atomic E-state index is 12.0. The lowest BCUT2D eigenvalue weighted by Crippen LogP contribution is -2.52. The molecule has 2 saturated heterocycles. The number of piperazine rings is 1. The van der Waals surface area contributed by atoms with Gasteiger partial charge in [0.15, 0.2) is 0 Å². The van der Waals surface area contributed by atoms with Crippen LogP contribution < -0.4 is 5.32 Å². The highest BCUT2D eigenvalue weighted by atomic mass is 16.6. The van der Waals surface area contributed by atoms with Crippen molar-refractivity contribution in [1.82, 2.24) is 15.1 Å². The van der Waals surface area contributed by atoms with E-state index in [2.05, 4.69) is 17.1 Å². The largest absolute Gasteiger partial charge is 0.444 e. The van der Waals surface area contributed by atoms with Gasteiger partial charge in [-0.15, -0.1) is 0 Å². The molecule has 0 aromatic heterocycles. The fraction of sp³-hybridized carbons (Fsp3) is 0.938. The van der Waals surface area contributed by atoms with Gasteiger partial charge in [0.2, 0.25) is 0 Å². The Balaban J connectivity index is 1.74. The molecule has 5 nitrogen and oxygen atoms in total. The van der Waals surface area contributed by atoms with E-state index < -0.39 is 5.60 Å². The zero-order chi connectivity index (χ0) is 15.5. The third kappa shape index (κ3) is 5.15. The summed E-state index contributed by atoms with van der Waals surface area (Å²) in [7, 11) is 0. The molecule has 5 heteroatoms. The van der Waals surface area contributed by atoms with E-state index in [1.165, 1.54) is 6.54 Å². The molecule has 2 aliphatic heterocycles. The number of nitrogens with zero attached hydrogens (tertiary/aromatic N) is 2. The summed E-state index contributed by atoms with van der Waals surface area (Å²) in [6.45, 7) is 14.2. The van der Waals surface area contributed by atoms with E-state index >= 15 is 0 Å². The Morgan fingerprint density at radius 3 is 2.48 bits per heavy atom. The second kappa shape index (κ2) is 6.97. The van der Waals surface area contributed by atoms with E-state index in [0.717, 1.165) is 45.6 Å². The number of amides is 1. The molecule has 0 radical (unpaired) electrons. The zero-order valence-electron chi connectivity index (χ0n) is 14.0. The minimum Gasteiger partial charge on any atom is -0.444 e. The first kappa shape index (κ1) is 16.6. The van der Waals surface area contributed by atoms with Gasteiger partial charge in [-0.1, -0.05) is 0 Å². The topological polar surface area (TPSA) is 44.8 Å². The van der Waals surface area contributed by atoms with Gasteiger partial charge in [-0.3, -0.25) is 4.90 Å². The van der Waals surface area contributed by atoms with Gasteiger partial charge in [0.05, 0.1) is 0 Å². The molecular formula is C16H31N3O2. The number of piperidine rings is 1. The van der Waals surface area contributed by atoms with Crippen LogP contribution in [0.15, 0.2) is 0 Å². The number of hydrogen-bond acceptors (Lipinski definition) is 4. The Morgan fingerprint density at radius 1 is 1.24 bits per heavy atom. The molecule has 1 amide bonds. The highest BCUT2D eigenvalue weighted by molar-refractivity contribution is 5.68. The van der Waals surface area contributed by atoms with E-state index in [-0.39, 0.29) is 6.09 Å². The highest BCUT2D eigenvalue weighted by Gasteiger charge is 2.29. The zero-order valence-corrected chi connectivity index (χ0v) is 14.0. The van der Waals surface area contributed by atoms with Crippen LogP contribution in [0.3, 0.4) is 0 Å². The van der Waals surface area contributed by atoms with Crippen LogP contribution in [0.4, 0.5) is 4.79 Å². The molecule has 0 aromatic rings. The monoisotopic (exact) mass is 297 g/mol. The average molecular weight is 297 g/mol. The molecule has 0 spiro atoms. The average Bonchev–Trinajstić information content (AvgIpc) is 2.40. The molecule has 0 aromatic carbocycles. The van der Waals surface area contributed by atoms with E-state index in [1.807, 2.05) is 25.7 Å². The first-order valence-corrected chi connectivity index (χ1v) is 8.28. The van der Waals surface area contributed by atoms with Crippen molar-refractivity contribution in [2.24, 2.45) is 5.92 Å². The first-order valence-electron chi connectivity index (χ1n) is 8.28. The Kier molecular flexibility index (Phi) is 5.49. The van der Waals surface area contributed by atoms with Crippen LogP contribution >= 0.6 is 0 Å². The van der Waals surface area contributed by atoms with Crippen LogP contribution in [-0.4, -0.2) is 66.8 Å². The van der Waals surface area contributed by atoms with Crippen molar-refractivity contribution in [1.29, 1.82) is 0 Å². The second-order valence-electron chi connectivity index (χ2n) is 7.46. The molecule has 0 aliphatic carbocycles. The fourth-order valence-electron chi connectivity index (χ4n) is 3.11. The molecule has 21 heavy (non-hydrogen) atoms. The van der Waals surface area contributed by atoms with Crippen LogP contribution in [0, 0.1) is 5.92 Å². The van der Waals surface area contributed by atoms with Gasteiger partial charge < -0.3 is 15.0 Å². The fourth-order valence-corrected chi connectivity index (χ4v) is 3.11. The third-order valence-electron chi connectivity index (χ3n) is 4.40. The molecule has 1 atom stereocenters. The lowest BCUT2D eigenvalue weighted by Gasteiger charge is -2.39. The van der Waals surface area contributed by atoms with Crippen molar-refractivity contribution in [2.75, 3.05) is 39.3 Å². The number of carbonyl (C=O) groups excluding carboxylic acids is 1. The van der Waals surface area contributed by atoms with Crippen molar-refractivity contribution in [3.8, 4) is 0 Å². The SMILES string of the molecule is C[C@H]1CNCCN1CC1CCN(C(=O)OC(C)(C)C)CC1. The second-order valence-corrected chi connectivity index (χ2v) is 7.46. The molecule has 0 bridgehead atoms. The van der Waals surface area contributed by atoms with Gasteiger partial charge in [0.25, 0.3) is 0 Å². The van der Waals surface area contributed by atoms with Crippen molar-refractivity contribution >= 4 is 6.09 Å². The summed E-state index contributed by atoms with van der Waals surface area (Å²) in [5.74, 6) is 0.712. The molecular weight excluding hydrogens is 266 g/mol. The highest BCUT2D eigenvalue weighted by Crippen LogP contribution is 2.21. The van der Waals surface area contributed by atoms with Crippen molar-refractivity contribution < 1.29 is 9.53 Å².